The van der Waals surface area contributed by atoms with Gasteiger partial charge >= 0.3 is 12.0 Å². The number of carbonyl (C=O) groups excluding carboxylic acids is 1. The van der Waals surface area contributed by atoms with Gasteiger partial charge in [-0.25, -0.2) is 14.6 Å². The van der Waals surface area contributed by atoms with Crippen LogP contribution in [0.5, 0.6) is 0 Å². The molecule has 0 bridgehead atoms. The second kappa shape index (κ2) is 5.83. The molecule has 1 heterocycles. The van der Waals surface area contributed by atoms with Gasteiger partial charge in [0.15, 0.2) is 0 Å². The molecule has 0 aliphatic carbocycles. The van der Waals surface area contributed by atoms with E-state index < -0.39 is 12.0 Å². The minimum atomic E-state index is -1.10. The summed E-state index contributed by atoms with van der Waals surface area (Å²) in [5.74, 6) is -0.595. The molecule has 0 saturated heterocycles. The molecule has 0 fully saturated rings. The van der Waals surface area contributed by atoms with E-state index in [2.05, 4.69) is 25.8 Å². The van der Waals surface area contributed by atoms with Crippen molar-refractivity contribution in [2.24, 2.45) is 0 Å². The van der Waals surface area contributed by atoms with Crippen LogP contribution in [0.3, 0.4) is 0 Å². The molecular formula is C12H13N5O3. The van der Waals surface area contributed by atoms with Crippen LogP contribution in [0.15, 0.2) is 24.5 Å². The van der Waals surface area contributed by atoms with Crippen LogP contribution in [0.1, 0.15) is 21.7 Å². The molecule has 2 rings (SSSR count). The van der Waals surface area contributed by atoms with E-state index in [-0.39, 0.29) is 17.8 Å². The molecule has 2 aromatic rings. The molecule has 8 nitrogen and oxygen atoms in total. The Bertz CT molecular complexity index is 624. The molecule has 2 amide bonds. The normalized spacial score (nSPS) is 10.1. The molecule has 8 heteroatoms. The number of para-hydroxylation sites is 1. The maximum Gasteiger partial charge on any atom is 0.337 e. The Morgan fingerprint density at radius 1 is 1.40 bits per heavy atom. The van der Waals surface area contributed by atoms with Crippen LogP contribution >= 0.6 is 0 Å². The fourth-order valence-electron chi connectivity index (χ4n) is 1.65. The van der Waals surface area contributed by atoms with Crippen LogP contribution in [-0.4, -0.2) is 32.3 Å². The fraction of sp³-hybridized carbons (Fsp3) is 0.167. The molecule has 20 heavy (non-hydrogen) atoms. The topological polar surface area (TPSA) is 120 Å². The van der Waals surface area contributed by atoms with E-state index in [9.17, 15) is 9.59 Å². The number of carbonyl (C=O) groups is 2. The van der Waals surface area contributed by atoms with Gasteiger partial charge in [-0.3, -0.25) is 5.10 Å². The number of aromatic carboxylic acids is 1. The summed E-state index contributed by atoms with van der Waals surface area (Å²) in [6.45, 7) is 1.89. The number of aryl methyl sites for hydroxylation is 1. The highest BCUT2D eigenvalue weighted by molar-refractivity contribution is 6.00. The fourth-order valence-corrected chi connectivity index (χ4v) is 1.65. The van der Waals surface area contributed by atoms with Gasteiger partial charge in [-0.2, -0.15) is 5.10 Å². The highest BCUT2D eigenvalue weighted by Crippen LogP contribution is 2.20. The number of urea groups is 1. The lowest BCUT2D eigenvalue weighted by molar-refractivity contribution is 0.0698. The van der Waals surface area contributed by atoms with E-state index in [0.29, 0.717) is 11.4 Å². The molecule has 104 valence electrons. The van der Waals surface area contributed by atoms with Gasteiger partial charge in [0.2, 0.25) is 0 Å². The molecule has 1 aromatic heterocycles. The van der Waals surface area contributed by atoms with Gasteiger partial charge in [0, 0.05) is 0 Å². The van der Waals surface area contributed by atoms with E-state index in [0.717, 1.165) is 0 Å². The lowest BCUT2D eigenvalue weighted by Crippen LogP contribution is -2.29. The number of carboxylic acid groups (broad SMARTS) is 1. The summed E-state index contributed by atoms with van der Waals surface area (Å²) in [6.07, 6.45) is 1.33. The number of anilines is 1. The van der Waals surface area contributed by atoms with E-state index in [1.54, 1.807) is 19.1 Å². The monoisotopic (exact) mass is 275 g/mol. The molecule has 0 aliphatic heterocycles. The summed E-state index contributed by atoms with van der Waals surface area (Å²) in [7, 11) is 0. The van der Waals surface area contributed by atoms with Gasteiger partial charge in [-0.15, -0.1) is 0 Å². The zero-order valence-corrected chi connectivity index (χ0v) is 10.7. The van der Waals surface area contributed by atoms with Gasteiger partial charge in [0.1, 0.15) is 12.2 Å². The molecule has 0 unspecified atom stereocenters. The Morgan fingerprint density at radius 3 is 2.85 bits per heavy atom. The predicted octanol–water partition coefficient (Wildman–Crippen LogP) is 1.13. The summed E-state index contributed by atoms with van der Waals surface area (Å²) >= 11 is 0. The molecule has 0 saturated carbocycles. The number of aromatic amines is 1. The summed E-state index contributed by atoms with van der Waals surface area (Å²) in [4.78, 5) is 26.7. The minimum Gasteiger partial charge on any atom is -0.478 e. The lowest BCUT2D eigenvalue weighted by Gasteiger charge is -2.11. The van der Waals surface area contributed by atoms with Gasteiger partial charge in [-0.05, 0) is 18.6 Å². The predicted molar refractivity (Wildman–Crippen MR) is 70.4 cm³/mol. The molecule has 0 atom stereocenters. The van der Waals surface area contributed by atoms with Crippen molar-refractivity contribution in [1.29, 1.82) is 0 Å². The van der Waals surface area contributed by atoms with E-state index >= 15 is 0 Å². The Labute approximate surface area is 114 Å². The number of nitrogens with zero attached hydrogens (tertiary/aromatic N) is 2. The Balaban J connectivity index is 2.06. The molecular weight excluding hydrogens is 262 g/mol. The number of rotatable bonds is 4. The van der Waals surface area contributed by atoms with Crippen molar-refractivity contribution in [3.63, 3.8) is 0 Å². The first-order valence-corrected chi connectivity index (χ1v) is 5.80. The van der Waals surface area contributed by atoms with Crippen molar-refractivity contribution in [2.45, 2.75) is 13.5 Å². The van der Waals surface area contributed by atoms with Crippen molar-refractivity contribution in [3.05, 3.63) is 41.5 Å². The highest BCUT2D eigenvalue weighted by Gasteiger charge is 2.14. The first kappa shape index (κ1) is 13.5. The van der Waals surface area contributed by atoms with Crippen molar-refractivity contribution in [1.82, 2.24) is 20.5 Å². The van der Waals surface area contributed by atoms with Crippen molar-refractivity contribution in [3.8, 4) is 0 Å². The average Bonchev–Trinajstić information content (AvgIpc) is 2.91. The van der Waals surface area contributed by atoms with Gasteiger partial charge in [0.25, 0.3) is 0 Å². The van der Waals surface area contributed by atoms with Crippen LogP contribution in [0, 0.1) is 6.92 Å². The second-order valence-electron chi connectivity index (χ2n) is 4.04. The second-order valence-corrected chi connectivity index (χ2v) is 4.04. The number of aromatic nitrogens is 3. The van der Waals surface area contributed by atoms with Gasteiger partial charge in [0.05, 0.1) is 17.8 Å². The number of amides is 2. The van der Waals surface area contributed by atoms with Gasteiger partial charge in [-0.1, -0.05) is 12.1 Å². The van der Waals surface area contributed by atoms with Crippen molar-refractivity contribution in [2.75, 3.05) is 5.32 Å². The quantitative estimate of drug-likeness (QED) is 0.666. The summed E-state index contributed by atoms with van der Waals surface area (Å²) in [6, 6.07) is 4.26. The number of carboxylic acids is 1. The number of benzene rings is 1. The SMILES string of the molecule is Cc1cccc(C(=O)O)c1NC(=O)NCc1ncn[nH]1. The molecule has 0 spiro atoms. The van der Waals surface area contributed by atoms with Crippen LogP contribution in [-0.2, 0) is 6.54 Å². The third-order valence-corrected chi connectivity index (χ3v) is 2.62. The summed E-state index contributed by atoms with van der Waals surface area (Å²) < 4.78 is 0. The van der Waals surface area contributed by atoms with Crippen LogP contribution in [0.4, 0.5) is 10.5 Å². The van der Waals surface area contributed by atoms with E-state index in [1.165, 1.54) is 12.4 Å². The molecule has 0 radical (unpaired) electrons. The number of nitrogens with one attached hydrogen (secondary N) is 3. The first-order chi connectivity index (χ1) is 9.58. The maximum atomic E-state index is 11.8. The van der Waals surface area contributed by atoms with Gasteiger partial charge < -0.3 is 15.7 Å². The summed E-state index contributed by atoms with van der Waals surface area (Å²) in [5, 5.41) is 20.4. The summed E-state index contributed by atoms with van der Waals surface area (Å²) in [5.41, 5.74) is 0.981. The van der Waals surface area contributed by atoms with Crippen molar-refractivity contribution >= 4 is 17.7 Å². The Hall–Kier alpha value is -2.90. The van der Waals surface area contributed by atoms with E-state index in [1.807, 2.05) is 0 Å². The molecule has 1 aromatic carbocycles. The largest absolute Gasteiger partial charge is 0.478 e. The zero-order valence-electron chi connectivity index (χ0n) is 10.7. The number of hydrogen-bond donors (Lipinski definition) is 4. The minimum absolute atomic E-state index is 0.0415. The van der Waals surface area contributed by atoms with E-state index in [4.69, 9.17) is 5.11 Å². The Morgan fingerprint density at radius 2 is 2.20 bits per heavy atom. The third kappa shape index (κ3) is 3.10. The highest BCUT2D eigenvalue weighted by atomic mass is 16.4. The molecule has 4 N–H and O–H groups in total. The third-order valence-electron chi connectivity index (χ3n) is 2.62. The number of H-pyrrole nitrogens is 1. The number of hydrogen-bond acceptors (Lipinski definition) is 4. The maximum absolute atomic E-state index is 11.8. The van der Waals surface area contributed by atoms with Crippen molar-refractivity contribution < 1.29 is 14.7 Å². The first-order valence-electron chi connectivity index (χ1n) is 5.80. The zero-order chi connectivity index (χ0) is 14.5. The Kier molecular flexibility index (Phi) is 3.94. The standard InChI is InChI=1S/C12H13N5O3/c1-7-3-2-4-8(11(18)19)10(7)16-12(20)13-5-9-14-6-15-17-9/h2-4,6H,5H2,1H3,(H,18,19)(H2,13,16,20)(H,14,15,17). The van der Waals surface area contributed by atoms with Crippen LogP contribution in [0.25, 0.3) is 0 Å². The smallest absolute Gasteiger partial charge is 0.337 e. The van der Waals surface area contributed by atoms with Crippen LogP contribution in [0.2, 0.25) is 0 Å². The molecule has 0 aliphatic rings. The van der Waals surface area contributed by atoms with Crippen LogP contribution < -0.4 is 10.6 Å². The lowest BCUT2D eigenvalue weighted by atomic mass is 10.1. The average molecular weight is 275 g/mol.